The maximum absolute atomic E-state index is 13.6. The van der Waals surface area contributed by atoms with Crippen molar-refractivity contribution in [2.75, 3.05) is 5.32 Å². The molecule has 0 aliphatic rings. The number of anilines is 1. The molecule has 2 heterocycles. The smallest absolute Gasteiger partial charge is 0.274 e. The summed E-state index contributed by atoms with van der Waals surface area (Å²) in [6.45, 7) is 1.99. The van der Waals surface area contributed by atoms with Crippen molar-refractivity contribution in [3.8, 4) is 0 Å². The number of nitrogens with zero attached hydrogens (tertiary/aromatic N) is 2. The first kappa shape index (κ1) is 16.7. The summed E-state index contributed by atoms with van der Waals surface area (Å²) in [5.41, 5.74) is 1.81. The monoisotopic (exact) mass is 365 g/mol. The van der Waals surface area contributed by atoms with E-state index in [1.54, 1.807) is 18.2 Å². The van der Waals surface area contributed by atoms with Gasteiger partial charge in [0.05, 0.1) is 21.4 Å². The summed E-state index contributed by atoms with van der Waals surface area (Å²) >= 11 is 12.1. The van der Waals surface area contributed by atoms with E-state index in [1.165, 1.54) is 22.7 Å². The lowest BCUT2D eigenvalue weighted by Crippen LogP contribution is -2.17. The highest BCUT2D eigenvalue weighted by atomic mass is 35.5. The molecule has 0 unspecified atom stereocenters. The van der Waals surface area contributed by atoms with Crippen molar-refractivity contribution < 1.29 is 9.18 Å². The normalized spacial score (nSPS) is 11.0. The lowest BCUT2D eigenvalue weighted by atomic mass is 10.2. The SMILES string of the molecule is CCCc1nc2ccc(F)cn2c1C(=O)Nc1cccc(Cl)c1Cl. The predicted octanol–water partition coefficient (Wildman–Crippen LogP) is 4.99. The molecule has 3 rings (SSSR count). The quantitative estimate of drug-likeness (QED) is 0.708. The number of rotatable bonds is 4. The fraction of sp³-hybridized carbons (Fsp3) is 0.176. The van der Waals surface area contributed by atoms with Crippen molar-refractivity contribution >= 4 is 40.4 Å². The minimum Gasteiger partial charge on any atom is -0.319 e. The number of carbonyl (C=O) groups excluding carboxylic acids is 1. The molecule has 2 aromatic heterocycles. The summed E-state index contributed by atoms with van der Waals surface area (Å²) < 4.78 is 15.1. The maximum Gasteiger partial charge on any atom is 0.274 e. The van der Waals surface area contributed by atoms with Crippen LogP contribution in [0.5, 0.6) is 0 Å². The topological polar surface area (TPSA) is 46.4 Å². The van der Waals surface area contributed by atoms with E-state index in [1.807, 2.05) is 6.92 Å². The van der Waals surface area contributed by atoms with Crippen LogP contribution in [0.25, 0.3) is 5.65 Å². The second-order valence-electron chi connectivity index (χ2n) is 5.29. The van der Waals surface area contributed by atoms with Gasteiger partial charge in [0.25, 0.3) is 5.91 Å². The molecule has 124 valence electrons. The average molecular weight is 366 g/mol. The van der Waals surface area contributed by atoms with Gasteiger partial charge in [-0.3, -0.25) is 9.20 Å². The largest absolute Gasteiger partial charge is 0.319 e. The van der Waals surface area contributed by atoms with Gasteiger partial charge in [-0.2, -0.15) is 0 Å². The molecule has 4 nitrogen and oxygen atoms in total. The number of carbonyl (C=O) groups is 1. The van der Waals surface area contributed by atoms with E-state index in [0.717, 1.165) is 6.42 Å². The maximum atomic E-state index is 13.6. The molecule has 0 bridgehead atoms. The first-order valence-corrected chi connectivity index (χ1v) is 8.18. The van der Waals surface area contributed by atoms with E-state index in [-0.39, 0.29) is 5.02 Å². The van der Waals surface area contributed by atoms with Gasteiger partial charge in [-0.1, -0.05) is 42.6 Å². The molecular weight excluding hydrogens is 352 g/mol. The Bertz CT molecular complexity index is 924. The Kier molecular flexibility index (Phi) is 4.73. The lowest BCUT2D eigenvalue weighted by Gasteiger charge is -2.09. The molecule has 0 spiro atoms. The number of imidazole rings is 1. The Hall–Kier alpha value is -2.11. The third kappa shape index (κ3) is 3.09. The van der Waals surface area contributed by atoms with Crippen LogP contribution in [0.15, 0.2) is 36.5 Å². The minimum atomic E-state index is -0.446. The molecule has 0 atom stereocenters. The number of nitrogens with one attached hydrogen (secondary N) is 1. The van der Waals surface area contributed by atoms with Crippen LogP contribution in [0.2, 0.25) is 10.0 Å². The number of benzene rings is 1. The van der Waals surface area contributed by atoms with Gasteiger partial charge in [-0.25, -0.2) is 9.37 Å². The second kappa shape index (κ2) is 6.79. The molecule has 24 heavy (non-hydrogen) atoms. The highest BCUT2D eigenvalue weighted by Gasteiger charge is 2.20. The molecule has 7 heteroatoms. The molecule has 1 amide bonds. The summed E-state index contributed by atoms with van der Waals surface area (Å²) in [7, 11) is 0. The Morgan fingerprint density at radius 3 is 2.83 bits per heavy atom. The molecule has 1 N–H and O–H groups in total. The van der Waals surface area contributed by atoms with Gasteiger partial charge in [0.15, 0.2) is 0 Å². The van der Waals surface area contributed by atoms with Gasteiger partial charge < -0.3 is 5.32 Å². The van der Waals surface area contributed by atoms with Crippen LogP contribution in [-0.4, -0.2) is 15.3 Å². The van der Waals surface area contributed by atoms with Crippen LogP contribution < -0.4 is 5.32 Å². The van der Waals surface area contributed by atoms with Crippen molar-refractivity contribution in [2.45, 2.75) is 19.8 Å². The average Bonchev–Trinajstić information content (AvgIpc) is 2.89. The molecule has 0 saturated carbocycles. The van der Waals surface area contributed by atoms with E-state index in [4.69, 9.17) is 23.2 Å². The van der Waals surface area contributed by atoms with Gasteiger partial charge in [-0.15, -0.1) is 0 Å². The van der Waals surface area contributed by atoms with Crippen LogP contribution in [0.4, 0.5) is 10.1 Å². The number of pyridine rings is 1. The fourth-order valence-corrected chi connectivity index (χ4v) is 2.85. The lowest BCUT2D eigenvalue weighted by molar-refractivity contribution is 0.102. The standard InChI is InChI=1S/C17H14Cl2FN3O/c1-2-4-13-16(23-9-10(20)7-8-14(23)21-13)17(24)22-12-6-3-5-11(18)15(12)19/h3,5-9H,2,4H2,1H3,(H,22,24). The van der Waals surface area contributed by atoms with Crippen molar-refractivity contribution in [1.29, 1.82) is 0 Å². The molecule has 0 fully saturated rings. The summed E-state index contributed by atoms with van der Waals surface area (Å²) in [4.78, 5) is 17.2. The van der Waals surface area contributed by atoms with Gasteiger partial charge in [0.1, 0.15) is 17.2 Å². The number of aromatic nitrogens is 2. The number of fused-ring (bicyclic) bond motifs is 1. The van der Waals surface area contributed by atoms with E-state index in [2.05, 4.69) is 10.3 Å². The van der Waals surface area contributed by atoms with Crippen LogP contribution in [0, 0.1) is 5.82 Å². The van der Waals surface area contributed by atoms with Crippen molar-refractivity contribution in [2.24, 2.45) is 0 Å². The number of hydrogen-bond donors (Lipinski definition) is 1. The predicted molar refractivity (Wildman–Crippen MR) is 93.6 cm³/mol. The first-order chi connectivity index (χ1) is 11.5. The zero-order chi connectivity index (χ0) is 17.3. The highest BCUT2D eigenvalue weighted by Crippen LogP contribution is 2.30. The Morgan fingerprint density at radius 1 is 1.29 bits per heavy atom. The van der Waals surface area contributed by atoms with Gasteiger partial charge in [0.2, 0.25) is 0 Å². The molecule has 0 saturated heterocycles. The summed E-state index contributed by atoms with van der Waals surface area (Å²) in [5, 5.41) is 3.32. The molecule has 3 aromatic rings. The molecular formula is C17H14Cl2FN3O. The second-order valence-corrected chi connectivity index (χ2v) is 6.07. The Balaban J connectivity index is 2.06. The fourth-order valence-electron chi connectivity index (χ4n) is 2.50. The van der Waals surface area contributed by atoms with E-state index in [9.17, 15) is 9.18 Å². The molecule has 1 aromatic carbocycles. The molecule has 0 aliphatic heterocycles. The van der Waals surface area contributed by atoms with Crippen LogP contribution >= 0.6 is 23.2 Å². The van der Waals surface area contributed by atoms with E-state index < -0.39 is 11.7 Å². The van der Waals surface area contributed by atoms with Gasteiger partial charge >= 0.3 is 0 Å². The number of halogens is 3. The zero-order valence-corrected chi connectivity index (χ0v) is 14.3. The van der Waals surface area contributed by atoms with Crippen LogP contribution in [-0.2, 0) is 6.42 Å². The van der Waals surface area contributed by atoms with Crippen molar-refractivity contribution in [3.63, 3.8) is 0 Å². The van der Waals surface area contributed by atoms with Crippen LogP contribution in [0.1, 0.15) is 29.5 Å². The summed E-state index contributed by atoms with van der Waals surface area (Å²) in [5.74, 6) is -0.862. The van der Waals surface area contributed by atoms with E-state index in [0.29, 0.717) is 34.2 Å². The van der Waals surface area contributed by atoms with Crippen molar-refractivity contribution in [3.05, 3.63) is 63.8 Å². The van der Waals surface area contributed by atoms with Crippen LogP contribution in [0.3, 0.4) is 0 Å². The number of aryl methyl sites for hydroxylation is 1. The number of hydrogen-bond acceptors (Lipinski definition) is 2. The third-order valence-corrected chi connectivity index (χ3v) is 4.38. The zero-order valence-electron chi connectivity index (χ0n) is 12.8. The third-order valence-electron chi connectivity index (χ3n) is 3.56. The Morgan fingerprint density at radius 2 is 2.08 bits per heavy atom. The first-order valence-electron chi connectivity index (χ1n) is 7.43. The van der Waals surface area contributed by atoms with E-state index >= 15 is 0 Å². The Labute approximate surface area is 148 Å². The molecule has 0 radical (unpaired) electrons. The van der Waals surface area contributed by atoms with Gasteiger partial charge in [0, 0.05) is 6.20 Å². The highest BCUT2D eigenvalue weighted by molar-refractivity contribution is 6.44. The molecule has 0 aliphatic carbocycles. The number of amides is 1. The minimum absolute atomic E-state index is 0.254. The summed E-state index contributed by atoms with van der Waals surface area (Å²) in [6, 6.07) is 7.82. The summed E-state index contributed by atoms with van der Waals surface area (Å²) in [6.07, 6.45) is 2.66. The van der Waals surface area contributed by atoms with Gasteiger partial charge in [-0.05, 0) is 30.7 Å². The van der Waals surface area contributed by atoms with Crippen molar-refractivity contribution in [1.82, 2.24) is 9.38 Å².